The first-order valence-corrected chi connectivity index (χ1v) is 6.49. The van der Waals surface area contributed by atoms with E-state index in [1.807, 2.05) is 43.3 Å². The zero-order valence-corrected chi connectivity index (χ0v) is 11.6. The third-order valence-corrected chi connectivity index (χ3v) is 3.37. The molecule has 0 spiro atoms. The van der Waals surface area contributed by atoms with Crippen LogP contribution in [0.1, 0.15) is 5.56 Å². The van der Waals surface area contributed by atoms with Crippen molar-refractivity contribution in [3.63, 3.8) is 0 Å². The van der Waals surface area contributed by atoms with E-state index in [1.165, 1.54) is 0 Å². The van der Waals surface area contributed by atoms with E-state index in [1.54, 1.807) is 0 Å². The van der Waals surface area contributed by atoms with Crippen LogP contribution in [0.5, 0.6) is 0 Å². The smallest absolute Gasteiger partial charge is 0.222 e. The zero-order chi connectivity index (χ0) is 15.0. The molecule has 21 heavy (non-hydrogen) atoms. The Morgan fingerprint density at radius 2 is 1.81 bits per heavy atom. The Bertz CT molecular complexity index is 828. The maximum Gasteiger partial charge on any atom is 0.222 e. The lowest BCUT2D eigenvalue weighted by Crippen LogP contribution is -2.11. The molecular formula is C15H16N6. The number of nitrogens with two attached hydrogens (primary N) is 3. The first kappa shape index (κ1) is 13.1. The summed E-state index contributed by atoms with van der Waals surface area (Å²) in [6.07, 6.45) is 0. The second-order valence-electron chi connectivity index (χ2n) is 4.90. The summed E-state index contributed by atoms with van der Waals surface area (Å²) in [4.78, 5) is 8.29. The van der Waals surface area contributed by atoms with Crippen molar-refractivity contribution in [2.24, 2.45) is 5.84 Å². The van der Waals surface area contributed by atoms with E-state index in [9.17, 15) is 0 Å². The van der Waals surface area contributed by atoms with Crippen molar-refractivity contribution >= 4 is 28.4 Å². The van der Waals surface area contributed by atoms with Crippen molar-refractivity contribution in [1.29, 1.82) is 0 Å². The van der Waals surface area contributed by atoms with Crippen LogP contribution in [0.3, 0.4) is 0 Å². The Labute approximate surface area is 122 Å². The molecule has 6 nitrogen and oxygen atoms in total. The number of aryl methyl sites for hydroxylation is 1. The Balaban J connectivity index is 2.23. The number of hydrogen-bond acceptors (Lipinski definition) is 6. The van der Waals surface area contributed by atoms with E-state index in [0.717, 1.165) is 33.3 Å². The van der Waals surface area contributed by atoms with Gasteiger partial charge in [0.1, 0.15) is 0 Å². The average Bonchev–Trinajstić information content (AvgIpc) is 2.46. The minimum atomic E-state index is 0.179. The van der Waals surface area contributed by atoms with Crippen LogP contribution in [0.15, 0.2) is 36.4 Å². The molecular weight excluding hydrogens is 264 g/mol. The number of nitrogens with zero attached hydrogens (tertiary/aromatic N) is 2. The van der Waals surface area contributed by atoms with Crippen molar-refractivity contribution in [2.45, 2.75) is 6.92 Å². The second-order valence-corrected chi connectivity index (χ2v) is 4.90. The number of hydrazine groups is 1. The highest BCUT2D eigenvalue weighted by atomic mass is 15.3. The second kappa shape index (κ2) is 4.92. The molecule has 3 rings (SSSR count). The molecule has 7 N–H and O–H groups in total. The summed E-state index contributed by atoms with van der Waals surface area (Å²) in [6, 6.07) is 11.8. The summed E-state index contributed by atoms with van der Waals surface area (Å²) in [5.41, 5.74) is 18.8. The fourth-order valence-electron chi connectivity index (χ4n) is 2.37. The van der Waals surface area contributed by atoms with Crippen LogP contribution in [0, 0.1) is 6.92 Å². The Morgan fingerprint density at radius 1 is 1.00 bits per heavy atom. The van der Waals surface area contributed by atoms with Crippen molar-refractivity contribution in [2.75, 3.05) is 16.9 Å². The third kappa shape index (κ3) is 2.32. The lowest BCUT2D eigenvalue weighted by molar-refractivity contribution is 1.19. The van der Waals surface area contributed by atoms with E-state index in [0.29, 0.717) is 5.82 Å². The van der Waals surface area contributed by atoms with Crippen molar-refractivity contribution in [3.05, 3.63) is 42.0 Å². The minimum absolute atomic E-state index is 0.179. The average molecular weight is 280 g/mol. The van der Waals surface area contributed by atoms with E-state index in [2.05, 4.69) is 15.4 Å². The largest absolute Gasteiger partial charge is 0.398 e. The fourth-order valence-corrected chi connectivity index (χ4v) is 2.37. The summed E-state index contributed by atoms with van der Waals surface area (Å²) in [6.45, 7) is 2.01. The number of hydrogen-bond donors (Lipinski definition) is 4. The van der Waals surface area contributed by atoms with Crippen LogP contribution in [0.25, 0.3) is 22.0 Å². The highest BCUT2D eigenvalue weighted by molar-refractivity contribution is 5.94. The van der Waals surface area contributed by atoms with E-state index in [-0.39, 0.29) is 5.95 Å². The maximum absolute atomic E-state index is 6.10. The lowest BCUT2D eigenvalue weighted by atomic mass is 10.0. The minimum Gasteiger partial charge on any atom is -0.398 e. The Morgan fingerprint density at radius 3 is 2.52 bits per heavy atom. The number of fused-ring (bicyclic) bond motifs is 1. The van der Waals surface area contributed by atoms with Gasteiger partial charge in [0.05, 0.1) is 5.52 Å². The van der Waals surface area contributed by atoms with Gasteiger partial charge in [-0.25, -0.2) is 10.8 Å². The van der Waals surface area contributed by atoms with Gasteiger partial charge in [0.15, 0.2) is 5.82 Å². The van der Waals surface area contributed by atoms with Gasteiger partial charge in [-0.2, -0.15) is 4.98 Å². The lowest BCUT2D eigenvalue weighted by Gasteiger charge is -2.10. The topological polar surface area (TPSA) is 116 Å². The van der Waals surface area contributed by atoms with Gasteiger partial charge in [0, 0.05) is 16.6 Å². The molecule has 0 aliphatic rings. The van der Waals surface area contributed by atoms with Crippen LogP contribution in [0.4, 0.5) is 17.5 Å². The van der Waals surface area contributed by atoms with Crippen LogP contribution >= 0.6 is 0 Å². The molecule has 2 aromatic carbocycles. The predicted molar refractivity (Wildman–Crippen MR) is 86.3 cm³/mol. The standard InChI is InChI=1S/C15H16N6/c1-8-2-4-10(12(16)6-8)9-3-5-13-11(7-9)14(21-18)20-15(17)19-13/h2-7H,16,18H2,1H3,(H3,17,19,20,21). The van der Waals surface area contributed by atoms with Crippen LogP contribution in [0.2, 0.25) is 0 Å². The molecule has 0 atom stereocenters. The van der Waals surface area contributed by atoms with Crippen LogP contribution in [-0.4, -0.2) is 9.97 Å². The molecule has 106 valence electrons. The van der Waals surface area contributed by atoms with Gasteiger partial charge in [-0.3, -0.25) is 0 Å². The van der Waals surface area contributed by atoms with Gasteiger partial charge < -0.3 is 16.9 Å². The van der Waals surface area contributed by atoms with E-state index in [4.69, 9.17) is 17.3 Å². The van der Waals surface area contributed by atoms with Gasteiger partial charge in [-0.05, 0) is 36.2 Å². The molecule has 0 saturated carbocycles. The summed E-state index contributed by atoms with van der Waals surface area (Å²) in [5, 5.41) is 0.796. The molecule has 0 unspecified atom stereocenters. The molecule has 0 saturated heterocycles. The summed E-state index contributed by atoms with van der Waals surface area (Å²) in [5.74, 6) is 6.17. The van der Waals surface area contributed by atoms with Crippen molar-refractivity contribution in [1.82, 2.24) is 9.97 Å². The Hall–Kier alpha value is -2.86. The number of nitrogens with one attached hydrogen (secondary N) is 1. The first-order valence-electron chi connectivity index (χ1n) is 6.49. The zero-order valence-electron chi connectivity index (χ0n) is 11.6. The monoisotopic (exact) mass is 280 g/mol. The van der Waals surface area contributed by atoms with Crippen LogP contribution < -0.4 is 22.7 Å². The molecule has 0 radical (unpaired) electrons. The van der Waals surface area contributed by atoms with Gasteiger partial charge in [0.25, 0.3) is 0 Å². The molecule has 0 aliphatic carbocycles. The van der Waals surface area contributed by atoms with E-state index < -0.39 is 0 Å². The fraction of sp³-hybridized carbons (Fsp3) is 0.0667. The molecule has 0 aliphatic heterocycles. The maximum atomic E-state index is 6.10. The molecule has 1 aromatic heterocycles. The third-order valence-electron chi connectivity index (χ3n) is 3.37. The quantitative estimate of drug-likeness (QED) is 0.324. The normalized spacial score (nSPS) is 10.8. The van der Waals surface area contributed by atoms with Gasteiger partial charge in [0.2, 0.25) is 5.95 Å². The van der Waals surface area contributed by atoms with Crippen molar-refractivity contribution < 1.29 is 0 Å². The Kier molecular flexibility index (Phi) is 3.08. The molecule has 3 aromatic rings. The predicted octanol–water partition coefficient (Wildman–Crippen LogP) is 2.06. The summed E-state index contributed by atoms with van der Waals surface area (Å²) >= 11 is 0. The molecule has 0 fully saturated rings. The highest BCUT2D eigenvalue weighted by Crippen LogP contribution is 2.31. The molecule has 0 amide bonds. The SMILES string of the molecule is Cc1ccc(-c2ccc3nc(N)nc(NN)c3c2)c(N)c1. The number of nitrogen functional groups attached to an aromatic ring is 3. The van der Waals surface area contributed by atoms with Crippen molar-refractivity contribution in [3.8, 4) is 11.1 Å². The first-order chi connectivity index (χ1) is 10.1. The number of anilines is 3. The molecule has 0 bridgehead atoms. The van der Waals surface area contributed by atoms with E-state index >= 15 is 0 Å². The highest BCUT2D eigenvalue weighted by Gasteiger charge is 2.09. The van der Waals surface area contributed by atoms with Gasteiger partial charge in [-0.1, -0.05) is 18.2 Å². The number of aromatic nitrogens is 2. The summed E-state index contributed by atoms with van der Waals surface area (Å²) in [7, 11) is 0. The number of rotatable bonds is 2. The number of benzene rings is 2. The van der Waals surface area contributed by atoms with Gasteiger partial charge >= 0.3 is 0 Å². The molecule has 1 heterocycles. The van der Waals surface area contributed by atoms with Crippen LogP contribution in [-0.2, 0) is 0 Å². The van der Waals surface area contributed by atoms with Gasteiger partial charge in [-0.15, -0.1) is 0 Å². The molecule has 6 heteroatoms. The summed E-state index contributed by atoms with van der Waals surface area (Å²) < 4.78 is 0.